The number of esters is 1. The van der Waals surface area contributed by atoms with E-state index in [1.165, 1.54) is 5.57 Å². The molecule has 0 aromatic carbocycles. The average Bonchev–Trinajstić information content (AvgIpc) is 3.62. The maximum absolute atomic E-state index is 14.1. The Kier molecular flexibility index (Phi) is 20.6. The highest BCUT2D eigenvalue weighted by Gasteiger charge is 2.52. The maximum atomic E-state index is 14.1. The lowest BCUT2D eigenvalue weighted by molar-refractivity contribution is -0.190. The molecule has 0 radical (unpaired) electrons. The number of carbonyl (C=O) groups is 1. The molecule has 0 amide bonds. The summed E-state index contributed by atoms with van der Waals surface area (Å²) in [6.07, 6.45) is -1.49. The number of carbonyl (C=O) groups excluding carboxylic acids is 1. The summed E-state index contributed by atoms with van der Waals surface area (Å²) in [6.45, 7) is 14.9. The molecular weight excluding hydrogens is 991 g/mol. The lowest BCUT2D eigenvalue weighted by Crippen LogP contribution is -2.51. The van der Waals surface area contributed by atoms with Crippen molar-refractivity contribution in [3.05, 3.63) is 70.9 Å². The first kappa shape index (κ1) is 59.7. The van der Waals surface area contributed by atoms with E-state index in [2.05, 4.69) is 38.7 Å². The van der Waals surface area contributed by atoms with Gasteiger partial charge in [0.15, 0.2) is 0 Å². The fraction of sp³-hybridized carbons (Fsp3) is 0.750. The van der Waals surface area contributed by atoms with Crippen molar-refractivity contribution in [1.82, 2.24) is 0 Å². The third-order valence-corrected chi connectivity index (χ3v) is 17.6. The molecule has 6 heterocycles. The summed E-state index contributed by atoms with van der Waals surface area (Å²) in [4.78, 5) is 19.3. The van der Waals surface area contributed by atoms with E-state index in [4.69, 9.17) is 28.1 Å². The highest BCUT2D eigenvalue weighted by atomic mass is 32.3. The predicted molar refractivity (Wildman–Crippen MR) is 278 cm³/mol. The number of rotatable bonds is 2. The maximum Gasteiger partial charge on any atom is 0.397 e. The van der Waals surface area contributed by atoms with Gasteiger partial charge in [0.25, 0.3) is 0 Å². The highest BCUT2D eigenvalue weighted by Crippen LogP contribution is 2.53. The van der Waals surface area contributed by atoms with Crippen LogP contribution in [0.25, 0.3) is 0 Å². The van der Waals surface area contributed by atoms with Crippen LogP contribution in [0.15, 0.2) is 75.9 Å². The van der Waals surface area contributed by atoms with E-state index < -0.39 is 114 Å². The summed E-state index contributed by atoms with van der Waals surface area (Å²) in [5.41, 5.74) is 5.01. The highest BCUT2D eigenvalue weighted by molar-refractivity contribution is 7.80. The first-order valence-corrected chi connectivity index (χ1v) is 28.6. The smallest absolute Gasteiger partial charge is 0.397 e. The molecule has 9 N–H and O–H groups in total. The first-order valence-electron chi connectivity index (χ1n) is 27.3. The van der Waals surface area contributed by atoms with Crippen LogP contribution in [0.5, 0.6) is 0 Å². The van der Waals surface area contributed by atoms with Gasteiger partial charge in [-0.05, 0) is 128 Å². The zero-order valence-electron chi connectivity index (χ0n) is 44.3. The summed E-state index contributed by atoms with van der Waals surface area (Å²) in [7, 11) is -5.21. The zero-order valence-corrected chi connectivity index (χ0v) is 45.1. The molecule has 75 heavy (non-hydrogen) atoms. The van der Waals surface area contributed by atoms with E-state index in [-0.39, 0.29) is 67.8 Å². The van der Waals surface area contributed by atoms with Gasteiger partial charge in [-0.25, -0.2) is 4.18 Å². The minimum absolute atomic E-state index is 0.0588. The average molecular weight is 1080 g/mol. The van der Waals surface area contributed by atoms with E-state index >= 15 is 0 Å². The molecule has 9 bridgehead atoms. The normalized spacial score (nSPS) is 45.4. The summed E-state index contributed by atoms with van der Waals surface area (Å²) in [6, 6.07) is 0. The minimum Gasteiger partial charge on any atom is -0.458 e. The van der Waals surface area contributed by atoms with Crippen molar-refractivity contribution in [3.63, 3.8) is 0 Å². The second-order valence-corrected chi connectivity index (χ2v) is 24.1. The Morgan fingerprint density at radius 2 is 1.48 bits per heavy atom. The number of nitrogens with zero attached hydrogens (tertiary/aromatic N) is 1. The van der Waals surface area contributed by atoms with Crippen LogP contribution in [-0.2, 0) is 38.3 Å². The molecule has 0 spiro atoms. The molecule has 0 aromatic rings. The molecule has 3 fully saturated rings. The molecule has 0 saturated carbocycles. The van der Waals surface area contributed by atoms with Crippen molar-refractivity contribution in [3.8, 4) is 0 Å². The molecule has 20 atom stereocenters. The SMILES string of the molecule is C=C1CCCC2OC(CC3=CC4/C(C)=C/CC(C)CC(/C=C(\C)C(O)C5CC(O)C(O)C(CCC(O)/C=C/C(C)=C/CCC6=NCCC(C3)C64C)O5)OC(=O)CC3OC(C(O)C1)C(O)C3OS(=O)(=O)O)CC(O)C2O. The van der Waals surface area contributed by atoms with Gasteiger partial charge in [0.05, 0.1) is 61.4 Å². The van der Waals surface area contributed by atoms with Crippen LogP contribution in [0.1, 0.15) is 137 Å². The van der Waals surface area contributed by atoms with Crippen molar-refractivity contribution < 1.29 is 81.7 Å². The van der Waals surface area contributed by atoms with E-state index in [0.717, 1.165) is 42.5 Å². The summed E-state index contributed by atoms with van der Waals surface area (Å²) in [5.74, 6) is -0.855. The molecule has 18 nitrogen and oxygen atoms in total. The van der Waals surface area contributed by atoms with Crippen LogP contribution in [0.4, 0.5) is 0 Å². The quantitative estimate of drug-likeness (QED) is 0.102. The predicted octanol–water partition coefficient (Wildman–Crippen LogP) is 4.77. The third kappa shape index (κ3) is 15.2. The van der Waals surface area contributed by atoms with E-state index in [1.54, 1.807) is 19.1 Å². The van der Waals surface area contributed by atoms with Crippen molar-refractivity contribution in [2.45, 2.75) is 235 Å². The molecule has 3 saturated heterocycles. The molecular formula is C56H85NO17S. The fourth-order valence-electron chi connectivity index (χ4n) is 12.8. The van der Waals surface area contributed by atoms with Crippen molar-refractivity contribution >= 4 is 22.1 Å². The Hall–Kier alpha value is -2.99. The van der Waals surface area contributed by atoms with Crippen LogP contribution in [0.3, 0.4) is 0 Å². The largest absolute Gasteiger partial charge is 0.458 e. The Morgan fingerprint density at radius 1 is 0.760 bits per heavy atom. The number of fused-ring (bicyclic) bond motifs is 10. The van der Waals surface area contributed by atoms with Gasteiger partial charge in [0, 0.05) is 36.4 Å². The summed E-state index contributed by atoms with van der Waals surface area (Å²) in [5, 5.41) is 89.8. The van der Waals surface area contributed by atoms with Crippen LogP contribution >= 0.6 is 0 Å². The molecule has 1 aliphatic carbocycles. The Bertz CT molecular complexity index is 2290. The van der Waals surface area contributed by atoms with E-state index in [9.17, 15) is 58.6 Å². The monoisotopic (exact) mass is 1080 g/mol. The van der Waals surface area contributed by atoms with Crippen LogP contribution < -0.4 is 0 Å². The summed E-state index contributed by atoms with van der Waals surface area (Å²) < 4.78 is 63.7. The standard InChI is InChI=1S/C56H85NO17S/c1-30-9-8-12-48-56(6)36(19-20-57-48)24-35-25-39-27-41(59)51(64)44(70-39)11-7-10-31(2)22-43(61)54-53(66)55(74-75(67,68)69)47(73-54)29-49(62)71-38(21-32(3)13-15-33(4)40(56)26-35)23-34(5)50(63)46-28-42(60)52(65)45(72-46)18-17-37(58)16-14-30/h9,14-16,23,26,32,36-47,50-55,58-61,63-66H,2,7-8,10-13,17-22,24-25,27-29H2,1,3-6H3,(H,67,68,69)/b16-14+,30-9+,33-15+,34-23+. The van der Waals surface area contributed by atoms with Crippen LogP contribution in [0, 0.1) is 23.2 Å². The lowest BCUT2D eigenvalue weighted by Gasteiger charge is -2.50. The van der Waals surface area contributed by atoms with Gasteiger partial charge in [0.1, 0.15) is 42.7 Å². The number of hydrogen-bond donors (Lipinski definition) is 9. The molecule has 7 aliphatic rings. The molecule has 7 rings (SSSR count). The number of ether oxygens (including phenoxy) is 4. The van der Waals surface area contributed by atoms with Crippen molar-refractivity contribution in [2.75, 3.05) is 6.54 Å². The number of hydrogen-bond acceptors (Lipinski definition) is 17. The number of aliphatic hydroxyl groups is 8. The fourth-order valence-corrected chi connectivity index (χ4v) is 13.4. The summed E-state index contributed by atoms with van der Waals surface area (Å²) >= 11 is 0. The molecule has 0 aromatic heterocycles. The van der Waals surface area contributed by atoms with E-state index in [1.807, 2.05) is 19.9 Å². The zero-order chi connectivity index (χ0) is 54.5. The van der Waals surface area contributed by atoms with Gasteiger partial charge in [-0.3, -0.25) is 14.3 Å². The van der Waals surface area contributed by atoms with Gasteiger partial charge in [-0.2, -0.15) is 8.42 Å². The van der Waals surface area contributed by atoms with Gasteiger partial charge >= 0.3 is 16.4 Å². The second-order valence-electron chi connectivity index (χ2n) is 23.0. The number of allylic oxidation sites excluding steroid dienone is 6. The first-order chi connectivity index (χ1) is 35.4. The lowest BCUT2D eigenvalue weighted by atomic mass is 9.55. The molecule has 19 heteroatoms. The van der Waals surface area contributed by atoms with Crippen molar-refractivity contribution in [1.29, 1.82) is 0 Å². The molecule has 20 unspecified atom stereocenters. The molecule has 6 aliphatic heterocycles. The third-order valence-electron chi connectivity index (χ3n) is 17.1. The Labute approximate surface area is 442 Å². The van der Waals surface area contributed by atoms with Gasteiger partial charge in [-0.1, -0.05) is 73.1 Å². The van der Waals surface area contributed by atoms with Gasteiger partial charge in [-0.15, -0.1) is 0 Å². The molecule has 422 valence electrons. The van der Waals surface area contributed by atoms with Crippen molar-refractivity contribution in [2.24, 2.45) is 28.2 Å². The Morgan fingerprint density at radius 3 is 2.21 bits per heavy atom. The van der Waals surface area contributed by atoms with Crippen LogP contribution in [-0.4, -0.2) is 170 Å². The number of aliphatic imine (C=N–C) groups is 1. The second kappa shape index (κ2) is 25.9. The van der Waals surface area contributed by atoms with Gasteiger partial charge in [0.2, 0.25) is 0 Å². The van der Waals surface area contributed by atoms with Gasteiger partial charge < -0.3 is 59.8 Å². The number of aliphatic hydroxyl groups excluding tert-OH is 8. The van der Waals surface area contributed by atoms with E-state index in [0.29, 0.717) is 49.8 Å². The topological polar surface area (TPSA) is 292 Å². The van der Waals surface area contributed by atoms with Crippen LogP contribution in [0.2, 0.25) is 0 Å². The minimum atomic E-state index is -5.21. The Balaban J connectivity index is 1.27.